The van der Waals surface area contributed by atoms with Crippen LogP contribution in [0.25, 0.3) is 10.7 Å². The average Bonchev–Trinajstić information content (AvgIpc) is 3.04. The standard InChI is InChI=1S/C18H16N4O2S/c1-11-15(25-18(21-11)14-8-3-4-9-20-14)17(24)22-13-7-5-6-12(10-13)16(23)19-2/h3-10H,1-2H3,(H,19,23)(H,22,24). The van der Waals surface area contributed by atoms with E-state index in [2.05, 4.69) is 20.6 Å². The summed E-state index contributed by atoms with van der Waals surface area (Å²) in [6.45, 7) is 1.79. The highest BCUT2D eigenvalue weighted by Gasteiger charge is 2.17. The number of hydrogen-bond donors (Lipinski definition) is 2. The maximum absolute atomic E-state index is 12.6. The molecule has 2 N–H and O–H groups in total. The summed E-state index contributed by atoms with van der Waals surface area (Å²) in [5.41, 5.74) is 2.41. The largest absolute Gasteiger partial charge is 0.355 e. The quantitative estimate of drug-likeness (QED) is 0.755. The van der Waals surface area contributed by atoms with Crippen LogP contribution in [0.4, 0.5) is 5.69 Å². The third-order valence-corrected chi connectivity index (χ3v) is 4.68. The third-order valence-electron chi connectivity index (χ3n) is 3.50. The Labute approximate surface area is 149 Å². The van der Waals surface area contributed by atoms with Crippen molar-refractivity contribution in [1.82, 2.24) is 15.3 Å². The lowest BCUT2D eigenvalue weighted by Crippen LogP contribution is -2.18. The lowest BCUT2D eigenvalue weighted by Gasteiger charge is -2.06. The molecule has 0 saturated heterocycles. The van der Waals surface area contributed by atoms with Gasteiger partial charge in [-0.3, -0.25) is 14.6 Å². The molecule has 126 valence electrons. The van der Waals surface area contributed by atoms with E-state index < -0.39 is 0 Å². The van der Waals surface area contributed by atoms with Crippen molar-refractivity contribution in [2.75, 3.05) is 12.4 Å². The fourth-order valence-electron chi connectivity index (χ4n) is 2.28. The minimum Gasteiger partial charge on any atom is -0.355 e. The van der Waals surface area contributed by atoms with Crippen molar-refractivity contribution in [3.8, 4) is 10.7 Å². The van der Waals surface area contributed by atoms with Crippen molar-refractivity contribution in [1.29, 1.82) is 0 Å². The highest BCUT2D eigenvalue weighted by atomic mass is 32.1. The van der Waals surface area contributed by atoms with E-state index in [-0.39, 0.29) is 11.8 Å². The summed E-state index contributed by atoms with van der Waals surface area (Å²) < 4.78 is 0. The molecule has 0 bridgehead atoms. The predicted octanol–water partition coefficient (Wildman–Crippen LogP) is 3.13. The van der Waals surface area contributed by atoms with Crippen molar-refractivity contribution in [2.45, 2.75) is 6.92 Å². The SMILES string of the molecule is CNC(=O)c1cccc(NC(=O)c2sc(-c3ccccn3)nc2C)c1. The van der Waals surface area contributed by atoms with Crippen molar-refractivity contribution in [3.63, 3.8) is 0 Å². The number of benzene rings is 1. The van der Waals surface area contributed by atoms with E-state index >= 15 is 0 Å². The zero-order chi connectivity index (χ0) is 17.8. The summed E-state index contributed by atoms with van der Waals surface area (Å²) in [5, 5.41) is 6.07. The summed E-state index contributed by atoms with van der Waals surface area (Å²) in [7, 11) is 1.56. The summed E-state index contributed by atoms with van der Waals surface area (Å²) in [4.78, 5) is 33.5. The second-order valence-corrected chi connectivity index (χ2v) is 6.26. The Kier molecular flexibility index (Phi) is 4.85. The van der Waals surface area contributed by atoms with Gasteiger partial charge in [0.15, 0.2) is 0 Å². The van der Waals surface area contributed by atoms with Crippen LogP contribution in [-0.4, -0.2) is 28.8 Å². The molecule has 0 saturated carbocycles. The first-order valence-corrected chi connectivity index (χ1v) is 8.42. The monoisotopic (exact) mass is 352 g/mol. The Morgan fingerprint density at radius 1 is 1.08 bits per heavy atom. The van der Waals surface area contributed by atoms with Crippen LogP contribution in [0.15, 0.2) is 48.7 Å². The van der Waals surface area contributed by atoms with Gasteiger partial charge in [-0.1, -0.05) is 12.1 Å². The lowest BCUT2D eigenvalue weighted by atomic mass is 10.2. The number of thiazole rings is 1. The van der Waals surface area contributed by atoms with E-state index in [1.807, 2.05) is 18.2 Å². The Morgan fingerprint density at radius 3 is 2.64 bits per heavy atom. The van der Waals surface area contributed by atoms with E-state index in [9.17, 15) is 9.59 Å². The zero-order valence-electron chi connectivity index (χ0n) is 13.7. The molecule has 0 radical (unpaired) electrons. The Hall–Kier alpha value is -3.06. The molecule has 2 heterocycles. The zero-order valence-corrected chi connectivity index (χ0v) is 14.6. The fraction of sp³-hybridized carbons (Fsp3) is 0.111. The number of nitrogens with one attached hydrogen (secondary N) is 2. The molecule has 6 nitrogen and oxygen atoms in total. The summed E-state index contributed by atoms with van der Waals surface area (Å²) in [5.74, 6) is -0.464. The topological polar surface area (TPSA) is 84.0 Å². The molecule has 3 aromatic rings. The van der Waals surface area contributed by atoms with Crippen LogP contribution in [0.1, 0.15) is 25.7 Å². The minimum atomic E-state index is -0.258. The molecule has 25 heavy (non-hydrogen) atoms. The number of pyridine rings is 1. The van der Waals surface area contributed by atoms with Gasteiger partial charge in [-0.25, -0.2) is 4.98 Å². The number of anilines is 1. The number of aryl methyl sites for hydroxylation is 1. The van der Waals surface area contributed by atoms with Gasteiger partial charge in [0.1, 0.15) is 9.88 Å². The van der Waals surface area contributed by atoms with Crippen molar-refractivity contribution >= 4 is 28.8 Å². The maximum atomic E-state index is 12.6. The highest BCUT2D eigenvalue weighted by molar-refractivity contribution is 7.17. The number of carbonyl (C=O) groups is 2. The summed E-state index contributed by atoms with van der Waals surface area (Å²) >= 11 is 1.29. The minimum absolute atomic E-state index is 0.206. The molecule has 2 aromatic heterocycles. The molecule has 2 amide bonds. The van der Waals surface area contributed by atoms with Gasteiger partial charge in [-0.05, 0) is 37.3 Å². The number of rotatable bonds is 4. The van der Waals surface area contributed by atoms with E-state index in [1.165, 1.54) is 11.3 Å². The Balaban J connectivity index is 1.83. The van der Waals surface area contributed by atoms with E-state index in [1.54, 1.807) is 44.4 Å². The average molecular weight is 352 g/mol. The molecular weight excluding hydrogens is 336 g/mol. The van der Waals surface area contributed by atoms with Crippen LogP contribution in [0.5, 0.6) is 0 Å². The first-order chi connectivity index (χ1) is 12.1. The van der Waals surface area contributed by atoms with E-state index in [0.29, 0.717) is 26.8 Å². The number of aromatic nitrogens is 2. The molecule has 0 aliphatic rings. The smallest absolute Gasteiger partial charge is 0.267 e. The van der Waals surface area contributed by atoms with Crippen LogP contribution in [-0.2, 0) is 0 Å². The molecular formula is C18H16N4O2S. The van der Waals surface area contributed by atoms with Gasteiger partial charge < -0.3 is 10.6 Å². The van der Waals surface area contributed by atoms with Crippen molar-refractivity contribution in [3.05, 3.63) is 64.8 Å². The van der Waals surface area contributed by atoms with Crippen LogP contribution >= 0.6 is 11.3 Å². The van der Waals surface area contributed by atoms with Crippen LogP contribution in [0.3, 0.4) is 0 Å². The van der Waals surface area contributed by atoms with Crippen LogP contribution < -0.4 is 10.6 Å². The molecule has 3 rings (SSSR count). The van der Waals surface area contributed by atoms with Crippen LogP contribution in [0, 0.1) is 6.92 Å². The van der Waals surface area contributed by atoms with Gasteiger partial charge in [0.05, 0.1) is 11.4 Å². The number of hydrogen-bond acceptors (Lipinski definition) is 5. The van der Waals surface area contributed by atoms with Gasteiger partial charge in [0.2, 0.25) is 0 Å². The molecule has 1 aromatic carbocycles. The van der Waals surface area contributed by atoms with Gasteiger partial charge in [-0.15, -0.1) is 11.3 Å². The van der Waals surface area contributed by atoms with Gasteiger partial charge in [0.25, 0.3) is 11.8 Å². The van der Waals surface area contributed by atoms with Crippen LogP contribution in [0.2, 0.25) is 0 Å². The van der Waals surface area contributed by atoms with E-state index in [4.69, 9.17) is 0 Å². The van der Waals surface area contributed by atoms with Gasteiger partial charge in [0, 0.05) is 24.5 Å². The Bertz CT molecular complexity index is 922. The normalized spacial score (nSPS) is 10.3. The molecule has 0 aliphatic carbocycles. The number of carbonyl (C=O) groups excluding carboxylic acids is 2. The molecule has 7 heteroatoms. The summed E-state index contributed by atoms with van der Waals surface area (Å²) in [6, 6.07) is 12.3. The first-order valence-electron chi connectivity index (χ1n) is 7.61. The molecule has 0 fully saturated rings. The summed E-state index contributed by atoms with van der Waals surface area (Å²) in [6.07, 6.45) is 1.69. The van der Waals surface area contributed by atoms with Gasteiger partial charge >= 0.3 is 0 Å². The van der Waals surface area contributed by atoms with Crippen molar-refractivity contribution in [2.24, 2.45) is 0 Å². The fourth-order valence-corrected chi connectivity index (χ4v) is 3.21. The second kappa shape index (κ2) is 7.23. The number of amides is 2. The number of nitrogens with zero attached hydrogens (tertiary/aromatic N) is 2. The Morgan fingerprint density at radius 2 is 1.92 bits per heavy atom. The van der Waals surface area contributed by atoms with Crippen molar-refractivity contribution < 1.29 is 9.59 Å². The molecule has 0 aliphatic heterocycles. The second-order valence-electron chi connectivity index (χ2n) is 5.26. The van der Waals surface area contributed by atoms with Gasteiger partial charge in [-0.2, -0.15) is 0 Å². The maximum Gasteiger partial charge on any atom is 0.267 e. The highest BCUT2D eigenvalue weighted by Crippen LogP contribution is 2.27. The van der Waals surface area contributed by atoms with E-state index in [0.717, 1.165) is 5.69 Å². The predicted molar refractivity (Wildman–Crippen MR) is 97.9 cm³/mol. The molecule has 0 unspecified atom stereocenters. The molecule has 0 spiro atoms. The first kappa shape index (κ1) is 16.8. The lowest BCUT2D eigenvalue weighted by molar-refractivity contribution is 0.0961. The third kappa shape index (κ3) is 3.72. The molecule has 0 atom stereocenters.